The summed E-state index contributed by atoms with van der Waals surface area (Å²) in [6.07, 6.45) is 1.18. The number of aliphatic hydroxyl groups is 1. The number of hydrogen-bond acceptors (Lipinski definition) is 3. The van der Waals surface area contributed by atoms with Gasteiger partial charge in [0.1, 0.15) is 0 Å². The highest BCUT2D eigenvalue weighted by Crippen LogP contribution is 2.30. The Morgan fingerprint density at radius 2 is 1.71 bits per heavy atom. The minimum Gasteiger partial charge on any atom is -0.385 e. The second-order valence-corrected chi connectivity index (χ2v) is 5.85. The predicted octanol–water partition coefficient (Wildman–Crippen LogP) is 3.80. The van der Waals surface area contributed by atoms with E-state index in [0.29, 0.717) is 23.9 Å². The Morgan fingerprint density at radius 1 is 1.08 bits per heavy atom. The van der Waals surface area contributed by atoms with Gasteiger partial charge in [0.25, 0.3) is 5.56 Å². The summed E-state index contributed by atoms with van der Waals surface area (Å²) in [5, 5.41) is 10.8. The molecule has 0 fully saturated rings. The molecule has 0 radical (unpaired) electrons. The van der Waals surface area contributed by atoms with Crippen molar-refractivity contribution in [1.29, 1.82) is 0 Å². The first-order valence-corrected chi connectivity index (χ1v) is 8.01. The summed E-state index contributed by atoms with van der Waals surface area (Å²) in [5.41, 5.74) is 0.0842. The van der Waals surface area contributed by atoms with Crippen molar-refractivity contribution in [3.05, 3.63) is 64.4 Å². The van der Waals surface area contributed by atoms with Crippen molar-refractivity contribution in [2.75, 3.05) is 0 Å². The fraction of sp³-hybridized carbons (Fsp3) is 0.263. The topological polar surface area (TPSA) is 55.1 Å². The van der Waals surface area contributed by atoms with Gasteiger partial charge < -0.3 is 5.11 Å². The monoisotopic (exact) mass is 326 g/mol. The smallest absolute Gasteiger partial charge is 0.290 e. The Hall–Kier alpha value is -2.53. The van der Waals surface area contributed by atoms with Gasteiger partial charge in [-0.1, -0.05) is 54.7 Å². The minimum absolute atomic E-state index is 0.0400. The first-order chi connectivity index (χ1) is 11.5. The molecule has 0 aliphatic carbocycles. The van der Waals surface area contributed by atoms with Gasteiger partial charge in [-0.25, -0.2) is 4.98 Å². The third-order valence-electron chi connectivity index (χ3n) is 4.58. The quantitative estimate of drug-likeness (QED) is 0.793. The van der Waals surface area contributed by atoms with Gasteiger partial charge in [0, 0.05) is 5.56 Å². The van der Waals surface area contributed by atoms with Crippen molar-refractivity contribution in [3.63, 3.8) is 0 Å². The van der Waals surface area contributed by atoms with Gasteiger partial charge in [-0.3, -0.25) is 4.79 Å². The third kappa shape index (κ3) is 2.61. The second-order valence-electron chi connectivity index (χ2n) is 5.85. The molecule has 24 heavy (non-hydrogen) atoms. The fourth-order valence-electron chi connectivity index (χ4n) is 2.88. The lowest BCUT2D eigenvalue weighted by Crippen LogP contribution is -2.23. The van der Waals surface area contributed by atoms with Gasteiger partial charge >= 0.3 is 0 Å². The molecule has 0 aliphatic heterocycles. The molecule has 4 nitrogen and oxygen atoms in total. The zero-order valence-electron chi connectivity index (χ0n) is 13.7. The molecule has 1 aromatic heterocycles. The van der Waals surface area contributed by atoms with E-state index < -0.39 is 11.2 Å². The third-order valence-corrected chi connectivity index (χ3v) is 4.58. The summed E-state index contributed by atoms with van der Waals surface area (Å²) in [5.74, 6) is -0.0400. The predicted molar refractivity (Wildman–Crippen MR) is 92.4 cm³/mol. The van der Waals surface area contributed by atoms with E-state index in [1.54, 1.807) is 48.5 Å². The van der Waals surface area contributed by atoms with E-state index in [9.17, 15) is 14.4 Å². The maximum atomic E-state index is 14.4. The molecule has 0 bridgehead atoms. The number of aromatic nitrogens is 2. The highest BCUT2D eigenvalue weighted by atomic mass is 19.2. The normalized spacial score (nSPS) is 11.8. The molecule has 2 aromatic carbocycles. The lowest BCUT2D eigenvalue weighted by molar-refractivity contribution is 0.0284. The Bertz CT molecular complexity index is 928. The summed E-state index contributed by atoms with van der Waals surface area (Å²) in [7, 11) is 0. The van der Waals surface area contributed by atoms with Gasteiger partial charge in [0.15, 0.2) is 5.82 Å². The highest BCUT2D eigenvalue weighted by molar-refractivity contribution is 5.79. The maximum Gasteiger partial charge on any atom is 0.290 e. The van der Waals surface area contributed by atoms with Crippen LogP contribution in [0.15, 0.2) is 53.3 Å². The van der Waals surface area contributed by atoms with E-state index in [-0.39, 0.29) is 16.0 Å². The molecule has 124 valence electrons. The number of hydrogen-bond donors (Lipinski definition) is 1. The number of rotatable bonds is 4. The van der Waals surface area contributed by atoms with Gasteiger partial charge in [0.05, 0.1) is 16.5 Å². The highest BCUT2D eigenvalue weighted by Gasteiger charge is 2.24. The first kappa shape index (κ1) is 16.3. The molecular weight excluding hydrogens is 307 g/mol. The number of para-hydroxylation sites is 1. The van der Waals surface area contributed by atoms with Crippen LogP contribution in [0.25, 0.3) is 22.3 Å². The Morgan fingerprint density at radius 3 is 2.33 bits per heavy atom. The van der Waals surface area contributed by atoms with Crippen molar-refractivity contribution in [3.8, 4) is 11.4 Å². The van der Waals surface area contributed by atoms with E-state index in [0.717, 1.165) is 5.56 Å². The molecule has 0 saturated heterocycles. The largest absolute Gasteiger partial charge is 0.385 e. The van der Waals surface area contributed by atoms with Crippen molar-refractivity contribution in [2.45, 2.75) is 32.3 Å². The minimum atomic E-state index is -0.898. The van der Waals surface area contributed by atoms with Crippen LogP contribution in [0.3, 0.4) is 0 Å². The summed E-state index contributed by atoms with van der Waals surface area (Å²) in [6.45, 7) is 3.84. The van der Waals surface area contributed by atoms with Crippen molar-refractivity contribution in [1.82, 2.24) is 9.77 Å². The molecule has 0 amide bonds. The summed E-state index contributed by atoms with van der Waals surface area (Å²) < 4.78 is 14.4. The summed E-state index contributed by atoms with van der Waals surface area (Å²) >= 11 is 0. The van der Waals surface area contributed by atoms with Crippen LogP contribution >= 0.6 is 0 Å². The molecule has 0 spiro atoms. The molecule has 0 saturated carbocycles. The Balaban J connectivity index is 2.12. The second kappa shape index (κ2) is 6.17. The zero-order valence-corrected chi connectivity index (χ0v) is 13.7. The molecule has 0 unspecified atom stereocenters. The van der Waals surface area contributed by atoms with E-state index in [4.69, 9.17) is 0 Å². The van der Waals surface area contributed by atoms with Crippen molar-refractivity contribution < 1.29 is 9.59 Å². The fourth-order valence-corrected chi connectivity index (χ4v) is 2.88. The molecule has 1 heterocycles. The molecule has 3 rings (SSSR count). The Labute approximate surface area is 139 Å². The number of nitrogens with zero attached hydrogens (tertiary/aromatic N) is 2. The van der Waals surface area contributed by atoms with E-state index in [1.807, 2.05) is 13.8 Å². The van der Waals surface area contributed by atoms with Gasteiger partial charge in [-0.15, -0.1) is 4.79 Å². The number of benzene rings is 2. The molecule has 3 aromatic rings. The molecule has 1 N–H and O–H groups in total. The average Bonchev–Trinajstić information content (AvgIpc) is 2.64. The number of halogens is 1. The van der Waals surface area contributed by atoms with Crippen molar-refractivity contribution in [2.24, 2.45) is 0 Å². The molecular formula is C19H19FN2O2. The van der Waals surface area contributed by atoms with Gasteiger partial charge in [0.2, 0.25) is 0 Å². The van der Waals surface area contributed by atoms with Crippen LogP contribution in [0.4, 0.5) is 4.48 Å². The van der Waals surface area contributed by atoms with E-state index in [1.165, 1.54) is 0 Å². The van der Waals surface area contributed by atoms with Crippen LogP contribution in [-0.4, -0.2) is 14.9 Å². The van der Waals surface area contributed by atoms with Crippen LogP contribution in [0.1, 0.15) is 32.3 Å². The number of fused-ring (bicyclic) bond motifs is 1. The lowest BCUT2D eigenvalue weighted by atomic mass is 9.88. The van der Waals surface area contributed by atoms with Crippen LogP contribution in [-0.2, 0) is 5.60 Å². The van der Waals surface area contributed by atoms with Crippen molar-refractivity contribution >= 4 is 10.9 Å². The zero-order chi connectivity index (χ0) is 17.3. The van der Waals surface area contributed by atoms with Crippen LogP contribution in [0.2, 0.25) is 0 Å². The summed E-state index contributed by atoms with van der Waals surface area (Å²) in [4.78, 5) is 16.5. The lowest BCUT2D eigenvalue weighted by Gasteiger charge is -2.25. The first-order valence-electron chi connectivity index (χ1n) is 8.01. The average molecular weight is 326 g/mol. The SMILES string of the molecule is CCC(O)(CC)c1ccc(-c2nc3ccccc3c(=O)n2F)cc1. The van der Waals surface area contributed by atoms with E-state index in [2.05, 4.69) is 4.98 Å². The molecule has 0 aliphatic rings. The van der Waals surface area contributed by atoms with Crippen LogP contribution in [0, 0.1) is 0 Å². The maximum absolute atomic E-state index is 14.4. The van der Waals surface area contributed by atoms with Gasteiger partial charge in [-0.05, 0) is 30.5 Å². The van der Waals surface area contributed by atoms with Crippen LogP contribution < -0.4 is 5.56 Å². The molecule has 5 heteroatoms. The molecule has 0 atom stereocenters. The Kier molecular flexibility index (Phi) is 4.20. The standard InChI is InChI=1S/C19H19FN2O2/c1-3-19(24,4-2)14-11-9-13(10-12-14)17-21-16-8-6-5-7-15(16)18(23)22(17)20/h5-12,24H,3-4H2,1-2H3. The van der Waals surface area contributed by atoms with E-state index >= 15 is 0 Å². The van der Waals surface area contributed by atoms with Crippen LogP contribution in [0.5, 0.6) is 0 Å². The van der Waals surface area contributed by atoms with Gasteiger partial charge in [-0.2, -0.15) is 0 Å². The summed E-state index contributed by atoms with van der Waals surface area (Å²) in [6, 6.07) is 13.5.